The van der Waals surface area contributed by atoms with Gasteiger partial charge in [-0.1, -0.05) is 28.6 Å². The van der Waals surface area contributed by atoms with E-state index in [2.05, 4.69) is 25.8 Å². The molecule has 2 atom stereocenters. The minimum atomic E-state index is -2.58. The number of hydrogen-bond donors (Lipinski definition) is 2. The number of amides is 2. The lowest BCUT2D eigenvalue weighted by Crippen LogP contribution is -2.51. The monoisotopic (exact) mass is 448 g/mol. The highest BCUT2D eigenvalue weighted by Crippen LogP contribution is 2.43. The van der Waals surface area contributed by atoms with Gasteiger partial charge in [0.2, 0.25) is 5.89 Å². The van der Waals surface area contributed by atoms with E-state index >= 15 is 0 Å². The van der Waals surface area contributed by atoms with Gasteiger partial charge in [-0.15, -0.1) is 5.10 Å². The maximum absolute atomic E-state index is 13.0. The summed E-state index contributed by atoms with van der Waals surface area (Å²) in [4.78, 5) is 19.2. The van der Waals surface area contributed by atoms with Gasteiger partial charge in [0.15, 0.2) is 5.13 Å². The molecule has 1 aromatic carbocycles. The van der Waals surface area contributed by atoms with E-state index in [-0.39, 0.29) is 29.6 Å². The zero-order valence-electron chi connectivity index (χ0n) is 16.3. The Morgan fingerprint density at radius 3 is 3.00 bits per heavy atom. The minimum Gasteiger partial charge on any atom is -0.403 e. The van der Waals surface area contributed by atoms with Crippen LogP contribution in [0.15, 0.2) is 28.7 Å². The second-order valence-electron chi connectivity index (χ2n) is 7.17. The van der Waals surface area contributed by atoms with Crippen LogP contribution in [0.1, 0.15) is 28.6 Å². The third-order valence-corrected chi connectivity index (χ3v) is 6.36. The number of aromatic nitrogens is 3. The number of rotatable bonds is 4. The van der Waals surface area contributed by atoms with E-state index in [4.69, 9.17) is 9.15 Å². The number of carbonyl (C=O) groups excluding carboxylic acids is 1. The summed E-state index contributed by atoms with van der Waals surface area (Å²) in [7, 11) is 1.54. The molecule has 2 unspecified atom stereocenters. The van der Waals surface area contributed by atoms with Gasteiger partial charge in [0.05, 0.1) is 35.9 Å². The Morgan fingerprint density at radius 1 is 1.32 bits per heavy atom. The lowest BCUT2D eigenvalue weighted by molar-refractivity contribution is 0.0578. The molecule has 1 fully saturated rings. The second-order valence-corrected chi connectivity index (χ2v) is 8.20. The van der Waals surface area contributed by atoms with E-state index in [1.54, 1.807) is 6.07 Å². The van der Waals surface area contributed by atoms with Crippen LogP contribution in [0.5, 0.6) is 0 Å². The standard InChI is InChI=1S/C19H18F2N6O3S/c1-22-17(28)24-18-23-12-6-11-7-29-8-13(14(12)31-18)27(11)19-26-25-16(30-19)10-4-2-3-9(5-10)15(20)21/h2-5,11,13,15H,6-8H2,1H3,(H2,22,23,24,28). The number of carbonyl (C=O) groups is 1. The third kappa shape index (κ3) is 3.61. The molecule has 1 saturated heterocycles. The first kappa shape index (κ1) is 19.8. The number of benzene rings is 1. The number of anilines is 2. The van der Waals surface area contributed by atoms with Gasteiger partial charge in [-0.2, -0.15) is 0 Å². The molecule has 2 amide bonds. The largest absolute Gasteiger partial charge is 0.403 e. The Morgan fingerprint density at radius 2 is 2.19 bits per heavy atom. The van der Waals surface area contributed by atoms with Crippen molar-refractivity contribution in [1.29, 1.82) is 0 Å². The number of fused-ring (bicyclic) bond motifs is 4. The molecule has 31 heavy (non-hydrogen) atoms. The molecule has 0 radical (unpaired) electrons. The Balaban J connectivity index is 1.45. The summed E-state index contributed by atoms with van der Waals surface area (Å²) in [5, 5.41) is 14.0. The van der Waals surface area contributed by atoms with Crippen molar-refractivity contribution in [1.82, 2.24) is 20.5 Å². The van der Waals surface area contributed by atoms with Crippen molar-refractivity contribution in [3.8, 4) is 11.5 Å². The van der Waals surface area contributed by atoms with Crippen LogP contribution in [-0.4, -0.2) is 47.5 Å². The van der Waals surface area contributed by atoms with Crippen molar-refractivity contribution in [2.24, 2.45) is 0 Å². The number of nitrogens with one attached hydrogen (secondary N) is 2. The SMILES string of the molecule is CNC(=O)Nc1nc2c(s1)C1COCC(C2)N1c1nnc(-c2cccc(C(F)F)c2)o1. The van der Waals surface area contributed by atoms with E-state index in [1.165, 1.54) is 36.6 Å². The number of nitrogens with zero attached hydrogens (tertiary/aromatic N) is 4. The molecular weight excluding hydrogens is 430 g/mol. The Kier molecular flexibility index (Phi) is 5.02. The zero-order chi connectivity index (χ0) is 21.5. The van der Waals surface area contributed by atoms with Crippen molar-refractivity contribution >= 4 is 28.5 Å². The van der Waals surface area contributed by atoms with E-state index < -0.39 is 6.43 Å². The molecular formula is C19H18F2N6O3S. The molecule has 2 aliphatic heterocycles. The second kappa shape index (κ2) is 7.85. The average molecular weight is 448 g/mol. The first-order chi connectivity index (χ1) is 15.0. The summed E-state index contributed by atoms with van der Waals surface area (Å²) in [6.45, 7) is 0.869. The van der Waals surface area contributed by atoms with Crippen molar-refractivity contribution in [2.45, 2.75) is 24.9 Å². The quantitative estimate of drug-likeness (QED) is 0.630. The Labute approximate surface area is 179 Å². The van der Waals surface area contributed by atoms with Crippen molar-refractivity contribution in [3.05, 3.63) is 40.4 Å². The molecule has 162 valence electrons. The Hall–Kier alpha value is -3.12. The van der Waals surface area contributed by atoms with Gasteiger partial charge in [0.1, 0.15) is 0 Å². The number of morpholine rings is 1. The van der Waals surface area contributed by atoms with Crippen LogP contribution in [0, 0.1) is 0 Å². The molecule has 2 aliphatic rings. The number of urea groups is 1. The molecule has 2 aromatic heterocycles. The molecule has 2 bridgehead atoms. The smallest absolute Gasteiger partial charge is 0.320 e. The number of ether oxygens (including phenoxy) is 1. The summed E-state index contributed by atoms with van der Waals surface area (Å²) < 4.78 is 37.7. The number of alkyl halides is 2. The van der Waals surface area contributed by atoms with Crippen LogP contribution in [0.25, 0.3) is 11.5 Å². The first-order valence-corrected chi connectivity index (χ1v) is 10.4. The number of halogens is 2. The lowest BCUT2D eigenvalue weighted by Gasteiger charge is -2.43. The predicted octanol–water partition coefficient (Wildman–Crippen LogP) is 3.38. The van der Waals surface area contributed by atoms with Crippen molar-refractivity contribution < 1.29 is 22.7 Å². The van der Waals surface area contributed by atoms with Gasteiger partial charge < -0.3 is 19.4 Å². The molecule has 0 saturated carbocycles. The van der Waals surface area contributed by atoms with Crippen LogP contribution in [0.2, 0.25) is 0 Å². The number of hydrogen-bond acceptors (Lipinski definition) is 8. The fraction of sp³-hybridized carbons (Fsp3) is 0.368. The van der Waals surface area contributed by atoms with Crippen LogP contribution >= 0.6 is 11.3 Å². The molecule has 5 rings (SSSR count). The van der Waals surface area contributed by atoms with Crippen LogP contribution in [0.4, 0.5) is 24.7 Å². The molecule has 0 spiro atoms. The van der Waals surface area contributed by atoms with Gasteiger partial charge in [-0.25, -0.2) is 18.6 Å². The van der Waals surface area contributed by atoms with Gasteiger partial charge in [-0.3, -0.25) is 5.32 Å². The van der Waals surface area contributed by atoms with Crippen LogP contribution in [-0.2, 0) is 11.2 Å². The molecule has 2 N–H and O–H groups in total. The average Bonchev–Trinajstić information content (AvgIpc) is 3.40. The predicted molar refractivity (Wildman–Crippen MR) is 108 cm³/mol. The van der Waals surface area contributed by atoms with E-state index in [1.807, 2.05) is 4.90 Å². The van der Waals surface area contributed by atoms with Crippen molar-refractivity contribution in [2.75, 3.05) is 30.5 Å². The summed E-state index contributed by atoms with van der Waals surface area (Å²) in [6, 6.07) is 5.59. The summed E-state index contributed by atoms with van der Waals surface area (Å²) in [5.74, 6) is 0.175. The molecule has 12 heteroatoms. The van der Waals surface area contributed by atoms with E-state index in [9.17, 15) is 13.6 Å². The molecule has 3 aromatic rings. The van der Waals surface area contributed by atoms with Gasteiger partial charge >= 0.3 is 12.0 Å². The van der Waals surface area contributed by atoms with Gasteiger partial charge in [0, 0.05) is 24.6 Å². The van der Waals surface area contributed by atoms with Crippen LogP contribution < -0.4 is 15.5 Å². The topological polar surface area (TPSA) is 105 Å². The minimum absolute atomic E-state index is 0.0677. The third-order valence-electron chi connectivity index (χ3n) is 5.24. The normalized spacial score (nSPS) is 19.9. The molecule has 9 nitrogen and oxygen atoms in total. The highest BCUT2D eigenvalue weighted by molar-refractivity contribution is 7.16. The fourth-order valence-electron chi connectivity index (χ4n) is 3.83. The van der Waals surface area contributed by atoms with Gasteiger partial charge in [0.25, 0.3) is 6.43 Å². The van der Waals surface area contributed by atoms with Crippen molar-refractivity contribution in [3.63, 3.8) is 0 Å². The van der Waals surface area contributed by atoms with Gasteiger partial charge in [-0.05, 0) is 12.1 Å². The van der Waals surface area contributed by atoms with E-state index in [0.29, 0.717) is 36.3 Å². The fourth-order valence-corrected chi connectivity index (χ4v) is 4.90. The highest BCUT2D eigenvalue weighted by Gasteiger charge is 2.43. The maximum Gasteiger partial charge on any atom is 0.320 e. The van der Waals surface area contributed by atoms with E-state index in [0.717, 1.165) is 10.6 Å². The highest BCUT2D eigenvalue weighted by atomic mass is 32.1. The van der Waals surface area contributed by atoms with Crippen LogP contribution in [0.3, 0.4) is 0 Å². The summed E-state index contributed by atoms with van der Waals surface area (Å²) in [6.07, 6.45) is -1.99. The summed E-state index contributed by atoms with van der Waals surface area (Å²) >= 11 is 1.38. The number of thiazole rings is 1. The molecule has 0 aliphatic carbocycles. The zero-order valence-corrected chi connectivity index (χ0v) is 17.2. The summed E-state index contributed by atoms with van der Waals surface area (Å²) in [5.41, 5.74) is 1.24. The first-order valence-electron chi connectivity index (χ1n) is 9.60. The lowest BCUT2D eigenvalue weighted by atomic mass is 9.97. The molecule has 4 heterocycles. The maximum atomic E-state index is 13.0. The Bertz CT molecular complexity index is 1120.